The number of allylic oxidation sites excluding steroid dienone is 3. The van der Waals surface area contributed by atoms with Gasteiger partial charge in [-0.3, -0.25) is 0 Å². The third-order valence-electron chi connectivity index (χ3n) is 4.12. The maximum absolute atomic E-state index is 5.90. The summed E-state index contributed by atoms with van der Waals surface area (Å²) < 4.78 is 0. The maximum Gasteiger partial charge on any atom is -0.00402 e. The third-order valence-corrected chi connectivity index (χ3v) is 4.12. The molecule has 2 unspecified atom stereocenters. The summed E-state index contributed by atoms with van der Waals surface area (Å²) in [6.45, 7) is 11.9. The van der Waals surface area contributed by atoms with Crippen molar-refractivity contribution in [2.75, 3.05) is 6.54 Å². The lowest BCUT2D eigenvalue weighted by molar-refractivity contribution is 0.393. The molecule has 1 aliphatic carbocycles. The predicted molar refractivity (Wildman–Crippen MR) is 72.2 cm³/mol. The zero-order valence-corrected chi connectivity index (χ0v) is 11.1. The second-order valence-corrected chi connectivity index (χ2v) is 5.14. The van der Waals surface area contributed by atoms with E-state index in [1.165, 1.54) is 24.8 Å². The second-order valence-electron chi connectivity index (χ2n) is 5.14. The molecule has 0 aromatic carbocycles. The summed E-state index contributed by atoms with van der Waals surface area (Å²) in [5.74, 6) is 1.95. The SMILES string of the molecule is C=C(CC(CN)C(C)C1=CC1)C(CC)CC. The van der Waals surface area contributed by atoms with Crippen molar-refractivity contribution in [2.24, 2.45) is 23.5 Å². The topological polar surface area (TPSA) is 26.0 Å². The van der Waals surface area contributed by atoms with Gasteiger partial charge in [-0.15, -0.1) is 0 Å². The predicted octanol–water partition coefficient (Wildman–Crippen LogP) is 3.91. The molecular formula is C15H27N. The molecule has 0 aliphatic heterocycles. The Kier molecular flexibility index (Phi) is 5.27. The Morgan fingerprint density at radius 3 is 2.38 bits per heavy atom. The molecule has 1 rings (SSSR count). The highest BCUT2D eigenvalue weighted by molar-refractivity contribution is 5.25. The van der Waals surface area contributed by atoms with E-state index >= 15 is 0 Å². The Bertz CT molecular complexity index is 261. The number of hydrogen-bond donors (Lipinski definition) is 1. The smallest absolute Gasteiger partial charge is 0.00402 e. The van der Waals surface area contributed by atoms with Crippen molar-refractivity contribution >= 4 is 0 Å². The van der Waals surface area contributed by atoms with Gasteiger partial charge >= 0.3 is 0 Å². The van der Waals surface area contributed by atoms with Crippen LogP contribution < -0.4 is 5.73 Å². The van der Waals surface area contributed by atoms with E-state index in [0.29, 0.717) is 17.8 Å². The third kappa shape index (κ3) is 3.48. The van der Waals surface area contributed by atoms with Crippen molar-refractivity contribution in [3.8, 4) is 0 Å². The summed E-state index contributed by atoms with van der Waals surface area (Å²) in [5, 5.41) is 0. The second kappa shape index (κ2) is 6.24. The van der Waals surface area contributed by atoms with E-state index in [0.717, 1.165) is 13.0 Å². The quantitative estimate of drug-likeness (QED) is 0.618. The van der Waals surface area contributed by atoms with Gasteiger partial charge in [-0.05, 0) is 50.0 Å². The van der Waals surface area contributed by atoms with Crippen LogP contribution in [0.5, 0.6) is 0 Å². The van der Waals surface area contributed by atoms with Gasteiger partial charge in [0.25, 0.3) is 0 Å². The van der Waals surface area contributed by atoms with Crippen molar-refractivity contribution in [3.63, 3.8) is 0 Å². The molecule has 1 heteroatoms. The maximum atomic E-state index is 5.90. The molecule has 16 heavy (non-hydrogen) atoms. The molecule has 1 aliphatic rings. The normalized spacial score (nSPS) is 18.2. The van der Waals surface area contributed by atoms with Gasteiger partial charge in [0.2, 0.25) is 0 Å². The van der Waals surface area contributed by atoms with Gasteiger partial charge in [-0.2, -0.15) is 0 Å². The van der Waals surface area contributed by atoms with Gasteiger partial charge in [0.05, 0.1) is 0 Å². The highest BCUT2D eigenvalue weighted by Crippen LogP contribution is 2.36. The van der Waals surface area contributed by atoms with Crippen LogP contribution in [-0.2, 0) is 0 Å². The standard InChI is InChI=1S/C15H27N/c1-5-13(6-2)11(3)9-15(10-16)12(4)14-7-8-14/h7,12-13,15H,3,5-6,8-10,16H2,1-2,4H3. The summed E-state index contributed by atoms with van der Waals surface area (Å²) in [7, 11) is 0. The fourth-order valence-corrected chi connectivity index (χ4v) is 2.57. The van der Waals surface area contributed by atoms with Crippen LogP contribution in [0.15, 0.2) is 23.8 Å². The lowest BCUT2D eigenvalue weighted by Crippen LogP contribution is -2.23. The number of rotatable bonds is 8. The molecular weight excluding hydrogens is 194 g/mol. The molecule has 0 radical (unpaired) electrons. The monoisotopic (exact) mass is 221 g/mol. The zero-order chi connectivity index (χ0) is 12.1. The van der Waals surface area contributed by atoms with Gasteiger partial charge in [0.15, 0.2) is 0 Å². The first kappa shape index (κ1) is 13.5. The minimum atomic E-state index is 0.599. The van der Waals surface area contributed by atoms with Gasteiger partial charge in [0, 0.05) is 0 Å². The average molecular weight is 221 g/mol. The Balaban J connectivity index is 2.48. The van der Waals surface area contributed by atoms with Gasteiger partial charge in [0.1, 0.15) is 0 Å². The van der Waals surface area contributed by atoms with E-state index in [4.69, 9.17) is 5.73 Å². The Morgan fingerprint density at radius 1 is 1.44 bits per heavy atom. The molecule has 0 heterocycles. The highest BCUT2D eigenvalue weighted by atomic mass is 14.6. The Morgan fingerprint density at radius 2 is 2.00 bits per heavy atom. The lowest BCUT2D eigenvalue weighted by atomic mass is 9.81. The first-order chi connectivity index (χ1) is 7.63. The summed E-state index contributed by atoms with van der Waals surface area (Å²) in [6, 6.07) is 0. The molecule has 0 fully saturated rings. The van der Waals surface area contributed by atoms with Gasteiger partial charge in [-0.1, -0.05) is 44.6 Å². The van der Waals surface area contributed by atoms with Crippen LogP contribution >= 0.6 is 0 Å². The molecule has 0 aromatic rings. The van der Waals surface area contributed by atoms with E-state index in [-0.39, 0.29) is 0 Å². The largest absolute Gasteiger partial charge is 0.330 e. The lowest BCUT2D eigenvalue weighted by Gasteiger charge is -2.25. The van der Waals surface area contributed by atoms with Crippen molar-refractivity contribution in [1.29, 1.82) is 0 Å². The Labute approximate surface area is 101 Å². The average Bonchev–Trinajstić information content (AvgIpc) is 3.10. The fraction of sp³-hybridized carbons (Fsp3) is 0.733. The molecule has 92 valence electrons. The first-order valence-electron chi connectivity index (χ1n) is 6.70. The molecule has 0 saturated heterocycles. The van der Waals surface area contributed by atoms with Crippen LogP contribution in [0.4, 0.5) is 0 Å². The van der Waals surface area contributed by atoms with E-state index in [1.54, 1.807) is 5.57 Å². The highest BCUT2D eigenvalue weighted by Gasteiger charge is 2.25. The summed E-state index contributed by atoms with van der Waals surface area (Å²) >= 11 is 0. The zero-order valence-electron chi connectivity index (χ0n) is 11.1. The van der Waals surface area contributed by atoms with Crippen LogP contribution in [0, 0.1) is 17.8 Å². The summed E-state index contributed by atoms with van der Waals surface area (Å²) in [4.78, 5) is 0. The fourth-order valence-electron chi connectivity index (χ4n) is 2.57. The van der Waals surface area contributed by atoms with Gasteiger partial charge < -0.3 is 5.73 Å². The molecule has 0 amide bonds. The molecule has 0 spiro atoms. The molecule has 0 aromatic heterocycles. The van der Waals surface area contributed by atoms with Crippen molar-refractivity contribution in [2.45, 2.75) is 46.5 Å². The van der Waals surface area contributed by atoms with E-state index in [2.05, 4.69) is 33.4 Å². The summed E-state index contributed by atoms with van der Waals surface area (Å²) in [6.07, 6.45) is 7.08. The van der Waals surface area contributed by atoms with E-state index in [1.807, 2.05) is 0 Å². The first-order valence-corrected chi connectivity index (χ1v) is 6.70. The molecule has 1 nitrogen and oxygen atoms in total. The number of nitrogens with two attached hydrogens (primary N) is 1. The van der Waals surface area contributed by atoms with Crippen molar-refractivity contribution < 1.29 is 0 Å². The van der Waals surface area contributed by atoms with Crippen LogP contribution in [0.25, 0.3) is 0 Å². The van der Waals surface area contributed by atoms with Gasteiger partial charge in [-0.25, -0.2) is 0 Å². The van der Waals surface area contributed by atoms with E-state index < -0.39 is 0 Å². The summed E-state index contributed by atoms with van der Waals surface area (Å²) in [5.41, 5.74) is 8.92. The van der Waals surface area contributed by atoms with E-state index in [9.17, 15) is 0 Å². The minimum absolute atomic E-state index is 0.599. The van der Waals surface area contributed by atoms with Crippen molar-refractivity contribution in [3.05, 3.63) is 23.8 Å². The molecule has 2 atom stereocenters. The molecule has 0 bridgehead atoms. The molecule has 0 saturated carbocycles. The van der Waals surface area contributed by atoms with Crippen LogP contribution in [0.1, 0.15) is 46.5 Å². The van der Waals surface area contributed by atoms with Crippen LogP contribution in [-0.4, -0.2) is 6.54 Å². The van der Waals surface area contributed by atoms with Crippen molar-refractivity contribution in [1.82, 2.24) is 0 Å². The van der Waals surface area contributed by atoms with Crippen LogP contribution in [0.2, 0.25) is 0 Å². The van der Waals surface area contributed by atoms with Crippen LogP contribution in [0.3, 0.4) is 0 Å². The Hall–Kier alpha value is -0.560. The minimum Gasteiger partial charge on any atom is -0.330 e. The number of hydrogen-bond acceptors (Lipinski definition) is 1. The molecule has 2 N–H and O–H groups in total.